The summed E-state index contributed by atoms with van der Waals surface area (Å²) in [6, 6.07) is 22.5. The van der Waals surface area contributed by atoms with E-state index in [1.165, 1.54) is 16.8 Å². The third kappa shape index (κ3) is 4.79. The van der Waals surface area contributed by atoms with Crippen LogP contribution in [0, 0.1) is 27.7 Å². The van der Waals surface area contributed by atoms with Gasteiger partial charge in [-0.1, -0.05) is 54.6 Å². The Morgan fingerprint density at radius 2 is 1.60 bits per heavy atom. The molecule has 8 heteroatoms. The second kappa shape index (κ2) is 10.7. The van der Waals surface area contributed by atoms with Gasteiger partial charge in [-0.05, 0) is 78.1 Å². The van der Waals surface area contributed by atoms with Gasteiger partial charge in [0.2, 0.25) is 0 Å². The Morgan fingerprint density at radius 3 is 2.38 bits per heavy atom. The zero-order chi connectivity index (χ0) is 27.8. The van der Waals surface area contributed by atoms with E-state index in [1.807, 2.05) is 29.8 Å². The van der Waals surface area contributed by atoms with Gasteiger partial charge in [-0.15, -0.1) is 5.10 Å². The first-order valence-corrected chi connectivity index (χ1v) is 13.9. The molecule has 3 aromatic carbocycles. The Labute approximate surface area is 234 Å². The van der Waals surface area contributed by atoms with Crippen LogP contribution in [0.15, 0.2) is 71.5 Å². The molecule has 1 fully saturated rings. The Balaban J connectivity index is 1.41. The Kier molecular flexibility index (Phi) is 6.94. The highest BCUT2D eigenvalue weighted by Crippen LogP contribution is 2.31. The van der Waals surface area contributed by atoms with E-state index in [0.717, 1.165) is 53.8 Å². The zero-order valence-electron chi connectivity index (χ0n) is 23.6. The van der Waals surface area contributed by atoms with Crippen molar-refractivity contribution >= 4 is 16.6 Å². The molecular formula is C32H35N7O. The standard InChI is InChI=1S/C32H35N7O/c1-21-9-8-12-28(24(21)4)37-15-17-38(18-16-37)30(31-34-35-36-39(31)20-25-10-6-5-7-11-25)27-19-26-22(2)13-14-23(3)29(26)33-32(27)40/h5-14,19,30H,15-18,20H2,1-4H3,(H,33,40)/t30-/m0/s1. The van der Waals surface area contributed by atoms with Crippen molar-refractivity contribution < 1.29 is 0 Å². The first-order valence-electron chi connectivity index (χ1n) is 13.9. The van der Waals surface area contributed by atoms with Crippen LogP contribution in [0.3, 0.4) is 0 Å². The van der Waals surface area contributed by atoms with E-state index in [-0.39, 0.29) is 11.6 Å². The molecule has 0 saturated carbocycles. The fourth-order valence-electron chi connectivity index (χ4n) is 5.87. The van der Waals surface area contributed by atoms with Crippen molar-refractivity contribution in [2.75, 3.05) is 31.1 Å². The topological polar surface area (TPSA) is 82.9 Å². The summed E-state index contributed by atoms with van der Waals surface area (Å²) >= 11 is 0. The van der Waals surface area contributed by atoms with Crippen LogP contribution in [0.2, 0.25) is 0 Å². The van der Waals surface area contributed by atoms with Crippen molar-refractivity contribution in [3.05, 3.63) is 116 Å². The van der Waals surface area contributed by atoms with E-state index in [9.17, 15) is 4.79 Å². The lowest BCUT2D eigenvalue weighted by atomic mass is 9.99. The average molecular weight is 534 g/mol. The molecule has 5 aromatic rings. The summed E-state index contributed by atoms with van der Waals surface area (Å²) in [4.78, 5) is 21.7. The van der Waals surface area contributed by atoms with Crippen LogP contribution in [0.4, 0.5) is 5.69 Å². The number of aromatic nitrogens is 5. The van der Waals surface area contributed by atoms with Crippen LogP contribution in [-0.2, 0) is 6.54 Å². The number of fused-ring (bicyclic) bond motifs is 1. The van der Waals surface area contributed by atoms with Gasteiger partial charge >= 0.3 is 0 Å². The van der Waals surface area contributed by atoms with Crippen molar-refractivity contribution in [3.8, 4) is 0 Å². The Morgan fingerprint density at radius 1 is 0.850 bits per heavy atom. The molecule has 1 N–H and O–H groups in total. The van der Waals surface area contributed by atoms with E-state index in [1.54, 1.807) is 0 Å². The molecule has 0 spiro atoms. The number of piperazine rings is 1. The monoisotopic (exact) mass is 533 g/mol. The average Bonchev–Trinajstić information content (AvgIpc) is 3.41. The fraction of sp³-hybridized carbons (Fsp3) is 0.312. The van der Waals surface area contributed by atoms with E-state index in [4.69, 9.17) is 0 Å². The number of aryl methyl sites for hydroxylation is 3. The van der Waals surface area contributed by atoms with Crippen molar-refractivity contribution in [1.29, 1.82) is 0 Å². The maximum atomic E-state index is 13.7. The number of hydrogen-bond acceptors (Lipinski definition) is 6. The fourth-order valence-corrected chi connectivity index (χ4v) is 5.87. The number of H-pyrrole nitrogens is 1. The summed E-state index contributed by atoms with van der Waals surface area (Å²) in [5.74, 6) is 0.680. The summed E-state index contributed by atoms with van der Waals surface area (Å²) in [6.07, 6.45) is 0. The predicted octanol–water partition coefficient (Wildman–Crippen LogP) is 4.71. The number of hydrogen-bond donors (Lipinski definition) is 1. The van der Waals surface area contributed by atoms with Gasteiger partial charge in [0.1, 0.15) is 6.04 Å². The molecule has 40 heavy (non-hydrogen) atoms. The lowest BCUT2D eigenvalue weighted by molar-refractivity contribution is 0.200. The Hall–Kier alpha value is -4.30. The summed E-state index contributed by atoms with van der Waals surface area (Å²) < 4.78 is 1.84. The van der Waals surface area contributed by atoms with Gasteiger partial charge in [0.25, 0.3) is 5.56 Å². The van der Waals surface area contributed by atoms with Crippen molar-refractivity contribution in [2.24, 2.45) is 0 Å². The molecule has 0 bridgehead atoms. The Bertz CT molecular complexity index is 1720. The van der Waals surface area contributed by atoms with Gasteiger partial charge in [0, 0.05) is 42.8 Å². The number of anilines is 1. The third-order valence-electron chi connectivity index (χ3n) is 8.34. The van der Waals surface area contributed by atoms with Crippen molar-refractivity contribution in [3.63, 3.8) is 0 Å². The number of rotatable bonds is 6. The minimum absolute atomic E-state index is 0.0996. The maximum absolute atomic E-state index is 13.7. The van der Waals surface area contributed by atoms with Crippen LogP contribution in [-0.4, -0.2) is 56.3 Å². The summed E-state index contributed by atoms with van der Waals surface area (Å²) in [6.45, 7) is 12.3. The molecule has 3 heterocycles. The van der Waals surface area contributed by atoms with Gasteiger partial charge in [0.15, 0.2) is 5.82 Å². The molecule has 0 unspecified atom stereocenters. The highest BCUT2D eigenvalue weighted by molar-refractivity contribution is 5.85. The molecule has 1 aliphatic rings. The molecule has 1 saturated heterocycles. The van der Waals surface area contributed by atoms with E-state index >= 15 is 0 Å². The second-order valence-corrected chi connectivity index (χ2v) is 10.9. The lowest BCUT2D eigenvalue weighted by Gasteiger charge is -2.40. The summed E-state index contributed by atoms with van der Waals surface area (Å²) in [5, 5.41) is 14.0. The minimum Gasteiger partial charge on any atom is -0.369 e. The SMILES string of the molecule is Cc1cccc(N2CCN([C@@H](c3cc4c(C)ccc(C)c4[nH]c3=O)c3nnnn3Cc3ccccc3)CC2)c1C. The molecule has 2 aromatic heterocycles. The van der Waals surface area contributed by atoms with Gasteiger partial charge in [-0.25, -0.2) is 4.68 Å². The highest BCUT2D eigenvalue weighted by atomic mass is 16.1. The summed E-state index contributed by atoms with van der Waals surface area (Å²) in [7, 11) is 0. The van der Waals surface area contributed by atoms with Crippen molar-refractivity contribution in [2.45, 2.75) is 40.3 Å². The first-order chi connectivity index (χ1) is 19.4. The number of nitrogens with one attached hydrogen (secondary N) is 1. The highest BCUT2D eigenvalue weighted by Gasteiger charge is 2.33. The number of tetrazole rings is 1. The molecule has 0 radical (unpaired) electrons. The number of benzene rings is 3. The molecule has 0 amide bonds. The number of aromatic amines is 1. The molecule has 1 atom stereocenters. The van der Waals surface area contributed by atoms with Gasteiger partial charge in [-0.3, -0.25) is 9.69 Å². The summed E-state index contributed by atoms with van der Waals surface area (Å²) in [5.41, 5.74) is 8.63. The number of pyridine rings is 1. The molecular weight excluding hydrogens is 498 g/mol. The van der Waals surface area contributed by atoms with Crippen LogP contribution in [0.5, 0.6) is 0 Å². The molecule has 204 valence electrons. The zero-order valence-corrected chi connectivity index (χ0v) is 23.6. The predicted molar refractivity (Wildman–Crippen MR) is 159 cm³/mol. The van der Waals surface area contributed by atoms with Crippen molar-refractivity contribution in [1.82, 2.24) is 30.1 Å². The largest absolute Gasteiger partial charge is 0.369 e. The number of nitrogens with zero attached hydrogens (tertiary/aromatic N) is 6. The van der Waals surface area contributed by atoms with Gasteiger partial charge in [-0.2, -0.15) is 0 Å². The van der Waals surface area contributed by atoms with Crippen LogP contribution >= 0.6 is 0 Å². The van der Waals surface area contributed by atoms with E-state index < -0.39 is 0 Å². The first kappa shape index (κ1) is 26.0. The van der Waals surface area contributed by atoms with Crippen LogP contribution < -0.4 is 10.5 Å². The maximum Gasteiger partial charge on any atom is 0.253 e. The van der Waals surface area contributed by atoms with Crippen LogP contribution in [0.1, 0.15) is 45.2 Å². The minimum atomic E-state index is -0.382. The van der Waals surface area contributed by atoms with Crippen LogP contribution in [0.25, 0.3) is 10.9 Å². The molecule has 0 aliphatic carbocycles. The molecule has 1 aliphatic heterocycles. The van der Waals surface area contributed by atoms with E-state index in [0.29, 0.717) is 17.9 Å². The smallest absolute Gasteiger partial charge is 0.253 e. The normalized spacial score (nSPS) is 15.1. The third-order valence-corrected chi connectivity index (χ3v) is 8.34. The van der Waals surface area contributed by atoms with Gasteiger partial charge < -0.3 is 9.88 Å². The lowest BCUT2D eigenvalue weighted by Crippen LogP contribution is -2.49. The molecule has 8 nitrogen and oxygen atoms in total. The second-order valence-electron chi connectivity index (χ2n) is 10.9. The van der Waals surface area contributed by atoms with E-state index in [2.05, 4.69) is 99.6 Å². The molecule has 6 rings (SSSR count). The quantitative estimate of drug-likeness (QED) is 0.341. The van der Waals surface area contributed by atoms with Gasteiger partial charge in [0.05, 0.1) is 12.1 Å².